The quantitative estimate of drug-likeness (QED) is 0.923. The molecule has 0 saturated carbocycles. The number of hydrogen-bond donors (Lipinski definition) is 1. The predicted octanol–water partition coefficient (Wildman–Crippen LogP) is 3.47. The highest BCUT2D eigenvalue weighted by molar-refractivity contribution is 7.11. The zero-order chi connectivity index (χ0) is 15.0. The van der Waals surface area contributed by atoms with Gasteiger partial charge in [-0.05, 0) is 38.3 Å². The van der Waals surface area contributed by atoms with Crippen molar-refractivity contribution in [3.8, 4) is 0 Å². The van der Waals surface area contributed by atoms with Gasteiger partial charge in [-0.25, -0.2) is 13.8 Å². The summed E-state index contributed by atoms with van der Waals surface area (Å²) >= 11 is 1.61. The number of amides is 1. The van der Waals surface area contributed by atoms with Crippen LogP contribution in [0.3, 0.4) is 0 Å². The summed E-state index contributed by atoms with van der Waals surface area (Å²) < 4.78 is 26.4. The van der Waals surface area contributed by atoms with Crippen molar-refractivity contribution in [2.75, 3.05) is 5.32 Å². The molecule has 1 aliphatic rings. The number of hydrogen-bond acceptors (Lipinski definition) is 3. The molecule has 3 nitrogen and oxygen atoms in total. The Hall–Kier alpha value is -1.82. The van der Waals surface area contributed by atoms with Gasteiger partial charge in [0.1, 0.15) is 11.6 Å². The van der Waals surface area contributed by atoms with Gasteiger partial charge in [0.05, 0.1) is 16.4 Å². The van der Waals surface area contributed by atoms with Crippen LogP contribution < -0.4 is 5.32 Å². The maximum atomic E-state index is 13.6. The van der Waals surface area contributed by atoms with Crippen LogP contribution >= 0.6 is 11.3 Å². The molecule has 1 unspecified atom stereocenters. The molecule has 0 fully saturated rings. The van der Waals surface area contributed by atoms with Crippen molar-refractivity contribution >= 4 is 22.9 Å². The number of fused-ring (bicyclic) bond motifs is 1. The van der Waals surface area contributed by atoms with E-state index in [2.05, 4.69) is 10.3 Å². The lowest BCUT2D eigenvalue weighted by atomic mass is 9.90. The lowest BCUT2D eigenvalue weighted by Crippen LogP contribution is -2.28. The summed E-state index contributed by atoms with van der Waals surface area (Å²) in [6.45, 7) is 1.95. The van der Waals surface area contributed by atoms with E-state index in [1.54, 1.807) is 11.3 Å². The zero-order valence-electron chi connectivity index (χ0n) is 11.5. The fourth-order valence-corrected chi connectivity index (χ4v) is 3.62. The maximum absolute atomic E-state index is 13.6. The highest BCUT2D eigenvalue weighted by Gasteiger charge is 2.27. The topological polar surface area (TPSA) is 42.0 Å². The summed E-state index contributed by atoms with van der Waals surface area (Å²) in [5, 5.41) is 3.55. The number of nitrogens with one attached hydrogen (secondary N) is 1. The van der Waals surface area contributed by atoms with Gasteiger partial charge in [-0.3, -0.25) is 4.79 Å². The Balaban J connectivity index is 1.72. The first kappa shape index (κ1) is 14.1. The van der Waals surface area contributed by atoms with Gasteiger partial charge >= 0.3 is 0 Å². The molecule has 3 rings (SSSR count). The molecule has 1 amide bonds. The van der Waals surface area contributed by atoms with Crippen molar-refractivity contribution in [2.24, 2.45) is 5.92 Å². The number of thiazole rings is 1. The molecule has 0 radical (unpaired) electrons. The summed E-state index contributed by atoms with van der Waals surface area (Å²) in [5.41, 5.74) is 1.10. The highest BCUT2D eigenvalue weighted by atomic mass is 32.1. The van der Waals surface area contributed by atoms with Crippen LogP contribution in [-0.2, 0) is 17.6 Å². The van der Waals surface area contributed by atoms with Crippen molar-refractivity contribution in [2.45, 2.75) is 26.2 Å². The third-order valence-electron chi connectivity index (χ3n) is 3.61. The fourth-order valence-electron chi connectivity index (χ4n) is 2.55. The molecular weight excluding hydrogens is 294 g/mol. The Morgan fingerprint density at radius 1 is 1.43 bits per heavy atom. The van der Waals surface area contributed by atoms with E-state index in [1.807, 2.05) is 6.92 Å². The third kappa shape index (κ3) is 2.95. The Labute approximate surface area is 125 Å². The lowest BCUT2D eigenvalue weighted by Gasteiger charge is -2.20. The summed E-state index contributed by atoms with van der Waals surface area (Å²) in [5.74, 6) is -1.83. The molecule has 1 aromatic heterocycles. The van der Waals surface area contributed by atoms with Gasteiger partial charge in [-0.2, -0.15) is 0 Å². The summed E-state index contributed by atoms with van der Waals surface area (Å²) in [6.07, 6.45) is 2.10. The van der Waals surface area contributed by atoms with E-state index in [-0.39, 0.29) is 17.5 Å². The minimum absolute atomic E-state index is 0.0210. The van der Waals surface area contributed by atoms with Crippen LogP contribution in [0.1, 0.15) is 22.0 Å². The average molecular weight is 308 g/mol. The van der Waals surface area contributed by atoms with Crippen LogP contribution in [0.25, 0.3) is 0 Å². The molecular formula is C15H14F2N2OS. The van der Waals surface area contributed by atoms with Crippen molar-refractivity contribution in [1.29, 1.82) is 0 Å². The van der Waals surface area contributed by atoms with Crippen LogP contribution in [0.4, 0.5) is 14.5 Å². The number of aryl methyl sites for hydroxylation is 2. The maximum Gasteiger partial charge on any atom is 0.227 e. The predicted molar refractivity (Wildman–Crippen MR) is 77.4 cm³/mol. The molecule has 1 aliphatic carbocycles. The van der Waals surface area contributed by atoms with Gasteiger partial charge in [-0.15, -0.1) is 11.3 Å². The third-order valence-corrected chi connectivity index (χ3v) is 4.64. The first-order valence-corrected chi connectivity index (χ1v) is 7.55. The number of rotatable bonds is 2. The number of halogens is 2. The van der Waals surface area contributed by atoms with E-state index in [0.29, 0.717) is 12.8 Å². The molecule has 0 aliphatic heterocycles. The minimum Gasteiger partial charge on any atom is -0.323 e. The number of carbonyl (C=O) groups excluding carboxylic acids is 1. The van der Waals surface area contributed by atoms with Crippen LogP contribution in [0.2, 0.25) is 0 Å². The van der Waals surface area contributed by atoms with Gasteiger partial charge in [0, 0.05) is 16.9 Å². The van der Waals surface area contributed by atoms with Crippen molar-refractivity contribution < 1.29 is 13.6 Å². The highest BCUT2D eigenvalue weighted by Crippen LogP contribution is 2.30. The van der Waals surface area contributed by atoms with Gasteiger partial charge in [0.2, 0.25) is 5.91 Å². The molecule has 0 saturated heterocycles. The molecule has 110 valence electrons. The smallest absolute Gasteiger partial charge is 0.227 e. The normalized spacial score (nSPS) is 17.4. The second kappa shape index (κ2) is 5.52. The summed E-state index contributed by atoms with van der Waals surface area (Å²) in [4.78, 5) is 17.8. The van der Waals surface area contributed by atoms with Crippen LogP contribution in [0.5, 0.6) is 0 Å². The first-order valence-electron chi connectivity index (χ1n) is 6.74. The molecule has 1 aromatic carbocycles. The SMILES string of the molecule is Cc1nc2c(s1)CC(C(=O)Nc1ccc(F)cc1F)CC2. The van der Waals surface area contributed by atoms with Crippen molar-refractivity contribution in [3.63, 3.8) is 0 Å². The molecule has 6 heteroatoms. The fraction of sp³-hybridized carbons (Fsp3) is 0.333. The minimum atomic E-state index is -0.756. The summed E-state index contributed by atoms with van der Waals surface area (Å²) in [7, 11) is 0. The standard InChI is InChI=1S/C15H14F2N2OS/c1-8-18-13-4-2-9(6-14(13)21-8)15(20)19-12-5-3-10(16)7-11(12)17/h3,5,7,9H,2,4,6H2,1H3,(H,19,20). The molecule has 1 N–H and O–H groups in total. The lowest BCUT2D eigenvalue weighted by molar-refractivity contribution is -0.120. The van der Waals surface area contributed by atoms with Crippen molar-refractivity contribution in [1.82, 2.24) is 4.98 Å². The molecule has 0 spiro atoms. The monoisotopic (exact) mass is 308 g/mol. The van der Waals surface area contributed by atoms with E-state index in [4.69, 9.17) is 0 Å². The van der Waals surface area contributed by atoms with Crippen LogP contribution in [0.15, 0.2) is 18.2 Å². The van der Waals surface area contributed by atoms with Crippen LogP contribution in [0, 0.1) is 24.5 Å². The largest absolute Gasteiger partial charge is 0.323 e. The average Bonchev–Trinajstić information content (AvgIpc) is 2.80. The number of carbonyl (C=O) groups is 1. The van der Waals surface area contributed by atoms with Gasteiger partial charge < -0.3 is 5.32 Å². The summed E-state index contributed by atoms with van der Waals surface area (Å²) in [6, 6.07) is 3.14. The first-order chi connectivity index (χ1) is 10.0. The zero-order valence-corrected chi connectivity index (χ0v) is 12.3. The van der Waals surface area contributed by atoms with Gasteiger partial charge in [0.25, 0.3) is 0 Å². The van der Waals surface area contributed by atoms with Crippen molar-refractivity contribution in [3.05, 3.63) is 45.4 Å². The van der Waals surface area contributed by atoms with E-state index in [1.165, 1.54) is 6.07 Å². The molecule has 1 atom stereocenters. The molecule has 2 aromatic rings. The van der Waals surface area contributed by atoms with Gasteiger partial charge in [-0.1, -0.05) is 0 Å². The van der Waals surface area contributed by atoms with E-state index >= 15 is 0 Å². The second-order valence-electron chi connectivity index (χ2n) is 5.16. The number of benzene rings is 1. The molecule has 0 bridgehead atoms. The van der Waals surface area contributed by atoms with E-state index in [9.17, 15) is 13.6 Å². The van der Waals surface area contributed by atoms with Crippen LogP contribution in [-0.4, -0.2) is 10.9 Å². The van der Waals surface area contributed by atoms with E-state index in [0.717, 1.165) is 34.1 Å². The Bertz CT molecular complexity index is 699. The molecule has 1 heterocycles. The Kier molecular flexibility index (Phi) is 3.71. The van der Waals surface area contributed by atoms with Gasteiger partial charge in [0.15, 0.2) is 0 Å². The Morgan fingerprint density at radius 2 is 2.24 bits per heavy atom. The second-order valence-corrected chi connectivity index (χ2v) is 6.44. The Morgan fingerprint density at radius 3 is 3.00 bits per heavy atom. The number of aromatic nitrogens is 1. The van der Waals surface area contributed by atoms with E-state index < -0.39 is 11.6 Å². The number of nitrogens with zero attached hydrogens (tertiary/aromatic N) is 1. The molecule has 21 heavy (non-hydrogen) atoms. The number of anilines is 1.